The molecule has 0 unspecified atom stereocenters. The molecule has 1 saturated carbocycles. The van der Waals surface area contributed by atoms with E-state index in [-0.39, 0.29) is 17.5 Å². The summed E-state index contributed by atoms with van der Waals surface area (Å²) in [5.74, 6) is 0.0514. The first-order valence-electron chi connectivity index (χ1n) is 14.0. The standard InChI is InChI=1S/C33H34N6O6/c1-16-6-8-17(9-7-16)10-11-18-12-20(38(2)3)19-13-31(36)14-33(37)27(39(4)5)26(42)22(30(35)45)28(43)32(33,15-34)29(44)23(31)25(41)21(19)24(18)40/h6-9,12,27,40-41,43H,13-14,36-37H2,1-5H3,(H2,35,45)/t27-,31-,32+,33-/m1/s1. The number of aromatic hydroxyl groups is 1. The molecule has 0 heterocycles. The number of likely N-dealkylation sites (N-methyl/N-ethyl adjacent to an activating group) is 1. The van der Waals surface area contributed by atoms with Crippen molar-refractivity contribution in [1.82, 2.24) is 4.90 Å². The van der Waals surface area contributed by atoms with E-state index >= 15 is 0 Å². The topological polar surface area (TPSA) is 220 Å². The first kappa shape index (κ1) is 31.3. The minimum Gasteiger partial charge on any atom is -0.509 e. The third-order valence-corrected chi connectivity index (χ3v) is 9.10. The normalized spacial score (nSPS) is 27.2. The van der Waals surface area contributed by atoms with E-state index in [9.17, 15) is 35.0 Å². The van der Waals surface area contributed by atoms with E-state index in [1.165, 1.54) is 19.0 Å². The summed E-state index contributed by atoms with van der Waals surface area (Å²) >= 11 is 0. The summed E-state index contributed by atoms with van der Waals surface area (Å²) in [6.07, 6.45) is -0.604. The summed E-state index contributed by atoms with van der Waals surface area (Å²) in [6.45, 7) is 1.94. The Morgan fingerprint density at radius 1 is 1.04 bits per heavy atom. The number of ketones is 2. The molecular formula is C33H34N6O6. The van der Waals surface area contributed by atoms with E-state index in [2.05, 4.69) is 11.8 Å². The zero-order chi connectivity index (χ0) is 33.4. The van der Waals surface area contributed by atoms with Crippen LogP contribution in [0.3, 0.4) is 0 Å². The lowest BCUT2D eigenvalue weighted by Gasteiger charge is -2.58. The van der Waals surface area contributed by atoms with Crippen LogP contribution < -0.4 is 22.1 Å². The average Bonchev–Trinajstić information content (AvgIpc) is 2.92. The number of phenols is 1. The number of carbonyl (C=O) groups excluding carboxylic acids is 3. The molecule has 2 aromatic rings. The van der Waals surface area contributed by atoms with Crippen LogP contribution in [-0.4, -0.2) is 83.0 Å². The van der Waals surface area contributed by atoms with Gasteiger partial charge < -0.3 is 37.4 Å². The molecule has 45 heavy (non-hydrogen) atoms. The molecule has 12 nitrogen and oxygen atoms in total. The first-order chi connectivity index (χ1) is 21.0. The van der Waals surface area contributed by atoms with Crippen molar-refractivity contribution >= 4 is 28.9 Å². The second kappa shape index (κ2) is 10.2. The lowest BCUT2D eigenvalue weighted by Crippen LogP contribution is -2.80. The Hall–Kier alpha value is -5.14. The van der Waals surface area contributed by atoms with Gasteiger partial charge in [0.1, 0.15) is 22.8 Å². The molecule has 232 valence electrons. The molecule has 2 aromatic carbocycles. The number of aryl methyl sites for hydroxylation is 1. The lowest BCUT2D eigenvalue weighted by molar-refractivity contribution is -0.139. The third kappa shape index (κ3) is 4.15. The summed E-state index contributed by atoms with van der Waals surface area (Å²) in [5.41, 5.74) is 13.9. The molecular weight excluding hydrogens is 576 g/mol. The van der Waals surface area contributed by atoms with Crippen LogP contribution in [0.25, 0.3) is 5.76 Å². The van der Waals surface area contributed by atoms with Crippen molar-refractivity contribution in [3.8, 4) is 23.7 Å². The first-order valence-corrected chi connectivity index (χ1v) is 14.0. The zero-order valence-electron chi connectivity index (χ0n) is 25.5. The number of primary amides is 1. The number of aliphatic hydroxyl groups is 2. The maximum absolute atomic E-state index is 14.6. The predicted molar refractivity (Wildman–Crippen MR) is 166 cm³/mol. The van der Waals surface area contributed by atoms with Crippen molar-refractivity contribution in [3.05, 3.63) is 75.1 Å². The van der Waals surface area contributed by atoms with Gasteiger partial charge in [-0.15, -0.1) is 0 Å². The number of benzene rings is 2. The van der Waals surface area contributed by atoms with E-state index in [1.807, 2.05) is 31.2 Å². The van der Waals surface area contributed by atoms with Gasteiger partial charge in [0.05, 0.1) is 39.9 Å². The van der Waals surface area contributed by atoms with E-state index in [1.54, 1.807) is 31.1 Å². The molecule has 0 spiro atoms. The molecule has 0 saturated heterocycles. The highest BCUT2D eigenvalue weighted by molar-refractivity contribution is 6.25. The number of amides is 1. The smallest absolute Gasteiger partial charge is 0.255 e. The van der Waals surface area contributed by atoms with Crippen molar-refractivity contribution in [3.63, 3.8) is 0 Å². The number of phenolic OH excluding ortho intramolecular Hbond substituents is 1. The summed E-state index contributed by atoms with van der Waals surface area (Å²) < 4.78 is 0. The third-order valence-electron chi connectivity index (χ3n) is 9.10. The van der Waals surface area contributed by atoms with E-state index in [0.29, 0.717) is 16.8 Å². The van der Waals surface area contributed by atoms with Crippen LogP contribution in [0.5, 0.6) is 5.75 Å². The highest BCUT2D eigenvalue weighted by atomic mass is 16.3. The van der Waals surface area contributed by atoms with Gasteiger partial charge in [-0.1, -0.05) is 29.5 Å². The Labute approximate surface area is 260 Å². The molecule has 1 fully saturated rings. The van der Waals surface area contributed by atoms with Crippen LogP contribution in [0.15, 0.2) is 47.2 Å². The zero-order valence-corrected chi connectivity index (χ0v) is 25.5. The number of hydrogen-bond acceptors (Lipinski definition) is 11. The Morgan fingerprint density at radius 3 is 2.20 bits per heavy atom. The molecule has 4 atom stereocenters. The van der Waals surface area contributed by atoms with Gasteiger partial charge in [-0.25, -0.2) is 0 Å². The van der Waals surface area contributed by atoms with Gasteiger partial charge in [0.25, 0.3) is 5.91 Å². The van der Waals surface area contributed by atoms with Gasteiger partial charge in [0.15, 0.2) is 17.0 Å². The summed E-state index contributed by atoms with van der Waals surface area (Å²) in [6, 6.07) is 9.37. The molecule has 5 rings (SSSR count). The fourth-order valence-corrected chi connectivity index (χ4v) is 7.15. The number of fused-ring (bicyclic) bond motifs is 3. The van der Waals surface area contributed by atoms with Crippen molar-refractivity contribution < 1.29 is 29.7 Å². The number of nitriles is 1. The van der Waals surface area contributed by atoms with Crippen molar-refractivity contribution in [1.29, 1.82) is 5.26 Å². The van der Waals surface area contributed by atoms with Crippen LogP contribution in [0.1, 0.15) is 34.2 Å². The maximum Gasteiger partial charge on any atom is 0.255 e. The summed E-state index contributed by atoms with van der Waals surface area (Å²) in [7, 11) is 6.43. The fraction of sp³-hybridized carbons (Fsp3) is 0.333. The van der Waals surface area contributed by atoms with Gasteiger partial charge in [0.2, 0.25) is 0 Å². The Balaban J connectivity index is 1.83. The minimum atomic E-state index is -2.73. The number of Topliss-reactive ketones (excluding diaryl/α,β-unsaturated/α-hetero) is 2. The molecule has 0 radical (unpaired) electrons. The monoisotopic (exact) mass is 610 g/mol. The van der Waals surface area contributed by atoms with Gasteiger partial charge in [0, 0.05) is 25.3 Å². The summed E-state index contributed by atoms with van der Waals surface area (Å²) in [4.78, 5) is 43.6. The van der Waals surface area contributed by atoms with E-state index < -0.39 is 74.8 Å². The largest absolute Gasteiger partial charge is 0.509 e. The second-order valence-electron chi connectivity index (χ2n) is 12.4. The summed E-state index contributed by atoms with van der Waals surface area (Å²) in [5, 5.41) is 45.3. The van der Waals surface area contributed by atoms with Gasteiger partial charge >= 0.3 is 0 Å². The van der Waals surface area contributed by atoms with Gasteiger partial charge in [-0.05, 0) is 57.6 Å². The number of carbonyl (C=O) groups is 3. The van der Waals surface area contributed by atoms with Crippen molar-refractivity contribution in [2.24, 2.45) is 22.6 Å². The highest BCUT2D eigenvalue weighted by Crippen LogP contribution is 2.59. The minimum absolute atomic E-state index is 0.119. The van der Waals surface area contributed by atoms with Gasteiger partial charge in [-0.3, -0.25) is 19.3 Å². The number of nitrogens with zero attached hydrogens (tertiary/aromatic N) is 3. The van der Waals surface area contributed by atoms with Crippen LogP contribution in [0.4, 0.5) is 5.69 Å². The number of hydrogen-bond donors (Lipinski definition) is 6. The number of nitrogens with two attached hydrogens (primary N) is 3. The molecule has 12 heteroatoms. The average molecular weight is 611 g/mol. The van der Waals surface area contributed by atoms with Crippen LogP contribution >= 0.6 is 0 Å². The van der Waals surface area contributed by atoms with E-state index in [4.69, 9.17) is 17.2 Å². The molecule has 1 amide bonds. The van der Waals surface area contributed by atoms with Gasteiger partial charge in [-0.2, -0.15) is 5.26 Å². The fourth-order valence-electron chi connectivity index (χ4n) is 7.15. The predicted octanol–water partition coefficient (Wildman–Crippen LogP) is 0.680. The highest BCUT2D eigenvalue weighted by Gasteiger charge is 2.74. The Morgan fingerprint density at radius 2 is 1.67 bits per heavy atom. The van der Waals surface area contributed by atoms with Crippen molar-refractivity contribution in [2.75, 3.05) is 33.1 Å². The maximum atomic E-state index is 14.6. The molecule has 3 aliphatic rings. The molecule has 0 bridgehead atoms. The van der Waals surface area contributed by atoms with Crippen LogP contribution in [0, 0.1) is 35.5 Å². The molecule has 9 N–H and O–H groups in total. The van der Waals surface area contributed by atoms with Crippen LogP contribution in [0.2, 0.25) is 0 Å². The quantitative estimate of drug-likeness (QED) is 0.210. The Bertz CT molecular complexity index is 1880. The SMILES string of the molecule is Cc1ccc(C#Cc2cc(N(C)C)c3c(c2O)C(O)=C2C(=O)[C@]4(C#N)C(O)=C(C(N)=O)C(=O)[C@@H](N(C)C)[C@]4(N)C[C@]2(N)C3)cc1. The lowest BCUT2D eigenvalue weighted by atomic mass is 9.47. The Kier molecular flexibility index (Phi) is 7.10. The molecule has 0 aromatic heterocycles. The van der Waals surface area contributed by atoms with Crippen molar-refractivity contribution in [2.45, 2.75) is 36.9 Å². The van der Waals surface area contributed by atoms with E-state index in [0.717, 1.165) is 5.56 Å². The second-order valence-corrected chi connectivity index (χ2v) is 12.4. The number of aliphatic hydroxyl groups excluding tert-OH is 2. The molecule has 3 aliphatic carbocycles. The van der Waals surface area contributed by atoms with Crippen LogP contribution in [-0.2, 0) is 20.8 Å². The number of rotatable bonds is 3. The number of anilines is 1. The molecule has 0 aliphatic heterocycles.